The Labute approximate surface area is 123 Å². The van der Waals surface area contributed by atoms with E-state index in [0.29, 0.717) is 5.02 Å². The third-order valence-electron chi connectivity index (χ3n) is 3.14. The monoisotopic (exact) mass is 289 g/mol. The smallest absolute Gasteiger partial charge is 0.330 e. The van der Waals surface area contributed by atoms with Crippen molar-refractivity contribution >= 4 is 23.3 Å². The standard InChI is InChI=1S/C16H16ClNO2/c1-10-3-8-14(11(2)9-10)15(16(19)20)18-13-6-4-12(17)5-7-13/h3-9,15,18H,1-2H3,(H,19,20). The minimum absolute atomic E-state index is 0.619. The van der Waals surface area contributed by atoms with Crippen LogP contribution >= 0.6 is 11.6 Å². The van der Waals surface area contributed by atoms with Crippen LogP contribution in [0.5, 0.6) is 0 Å². The molecule has 2 N–H and O–H groups in total. The van der Waals surface area contributed by atoms with Crippen LogP contribution in [-0.2, 0) is 4.79 Å². The average molecular weight is 290 g/mol. The van der Waals surface area contributed by atoms with Crippen LogP contribution in [0.15, 0.2) is 42.5 Å². The molecule has 1 atom stereocenters. The van der Waals surface area contributed by atoms with E-state index in [1.54, 1.807) is 24.3 Å². The number of aliphatic carboxylic acids is 1. The first-order valence-electron chi connectivity index (χ1n) is 6.29. The van der Waals surface area contributed by atoms with Gasteiger partial charge in [-0.15, -0.1) is 0 Å². The summed E-state index contributed by atoms with van der Waals surface area (Å²) in [6, 6.07) is 12.0. The summed E-state index contributed by atoms with van der Waals surface area (Å²) in [4.78, 5) is 11.5. The molecule has 0 fully saturated rings. The van der Waals surface area contributed by atoms with Crippen molar-refractivity contribution in [1.82, 2.24) is 0 Å². The first kappa shape index (κ1) is 14.4. The normalized spacial score (nSPS) is 11.9. The number of carboxylic acids is 1. The summed E-state index contributed by atoms with van der Waals surface area (Å²) in [6.07, 6.45) is 0. The zero-order chi connectivity index (χ0) is 14.7. The fraction of sp³-hybridized carbons (Fsp3) is 0.188. The number of rotatable bonds is 4. The van der Waals surface area contributed by atoms with E-state index in [1.165, 1.54) is 0 Å². The molecule has 0 saturated carbocycles. The molecular weight excluding hydrogens is 274 g/mol. The molecule has 3 nitrogen and oxygen atoms in total. The van der Waals surface area contributed by atoms with Gasteiger partial charge < -0.3 is 10.4 Å². The highest BCUT2D eigenvalue weighted by Crippen LogP contribution is 2.24. The van der Waals surface area contributed by atoms with Crippen LogP contribution in [0.4, 0.5) is 5.69 Å². The lowest BCUT2D eigenvalue weighted by Gasteiger charge is -2.18. The fourth-order valence-corrected chi connectivity index (χ4v) is 2.26. The number of benzene rings is 2. The van der Waals surface area contributed by atoms with E-state index in [4.69, 9.17) is 11.6 Å². The quantitative estimate of drug-likeness (QED) is 0.887. The molecule has 0 aliphatic carbocycles. The molecule has 0 saturated heterocycles. The van der Waals surface area contributed by atoms with Crippen molar-refractivity contribution in [2.75, 3.05) is 5.32 Å². The molecular formula is C16H16ClNO2. The van der Waals surface area contributed by atoms with Gasteiger partial charge in [0.25, 0.3) is 0 Å². The molecule has 20 heavy (non-hydrogen) atoms. The van der Waals surface area contributed by atoms with Gasteiger partial charge in [-0.2, -0.15) is 0 Å². The van der Waals surface area contributed by atoms with Crippen molar-refractivity contribution in [3.05, 3.63) is 64.2 Å². The van der Waals surface area contributed by atoms with E-state index >= 15 is 0 Å². The summed E-state index contributed by atoms with van der Waals surface area (Å²) < 4.78 is 0. The molecule has 0 aliphatic heterocycles. The van der Waals surface area contributed by atoms with Gasteiger partial charge in [0.15, 0.2) is 6.04 Å². The Morgan fingerprint density at radius 3 is 2.35 bits per heavy atom. The lowest BCUT2D eigenvalue weighted by Crippen LogP contribution is -2.21. The molecule has 0 radical (unpaired) electrons. The molecule has 0 bridgehead atoms. The fourth-order valence-electron chi connectivity index (χ4n) is 2.13. The van der Waals surface area contributed by atoms with E-state index in [1.807, 2.05) is 32.0 Å². The zero-order valence-corrected chi connectivity index (χ0v) is 12.1. The van der Waals surface area contributed by atoms with Crippen molar-refractivity contribution in [2.45, 2.75) is 19.9 Å². The van der Waals surface area contributed by atoms with Gasteiger partial charge >= 0.3 is 5.97 Å². The second kappa shape index (κ2) is 5.97. The van der Waals surface area contributed by atoms with Crippen molar-refractivity contribution in [1.29, 1.82) is 0 Å². The number of halogens is 1. The van der Waals surface area contributed by atoms with Crippen LogP contribution in [0.2, 0.25) is 5.02 Å². The number of aryl methyl sites for hydroxylation is 2. The number of carbonyl (C=O) groups is 1. The zero-order valence-electron chi connectivity index (χ0n) is 11.4. The summed E-state index contributed by atoms with van der Waals surface area (Å²) in [5, 5.41) is 13.1. The van der Waals surface area contributed by atoms with Crippen LogP contribution < -0.4 is 5.32 Å². The molecule has 2 aromatic carbocycles. The van der Waals surface area contributed by atoms with Crippen LogP contribution in [0, 0.1) is 13.8 Å². The lowest BCUT2D eigenvalue weighted by molar-refractivity contribution is -0.138. The first-order chi connectivity index (χ1) is 9.47. The third kappa shape index (κ3) is 3.31. The van der Waals surface area contributed by atoms with E-state index in [2.05, 4.69) is 5.32 Å². The Morgan fingerprint density at radius 2 is 1.80 bits per heavy atom. The van der Waals surface area contributed by atoms with Crippen LogP contribution in [-0.4, -0.2) is 11.1 Å². The minimum Gasteiger partial charge on any atom is -0.479 e. The largest absolute Gasteiger partial charge is 0.479 e. The maximum atomic E-state index is 11.5. The van der Waals surface area contributed by atoms with Crippen molar-refractivity contribution in [3.63, 3.8) is 0 Å². The van der Waals surface area contributed by atoms with Gasteiger partial charge in [0.2, 0.25) is 0 Å². The molecule has 104 valence electrons. The summed E-state index contributed by atoms with van der Waals surface area (Å²) in [7, 11) is 0. The highest BCUT2D eigenvalue weighted by atomic mass is 35.5. The Bertz CT molecular complexity index is 623. The molecule has 2 rings (SSSR count). The van der Waals surface area contributed by atoms with Crippen LogP contribution in [0.25, 0.3) is 0 Å². The molecule has 1 unspecified atom stereocenters. The molecule has 0 aliphatic rings. The third-order valence-corrected chi connectivity index (χ3v) is 3.39. The van der Waals surface area contributed by atoms with Gasteiger partial charge in [-0.3, -0.25) is 0 Å². The van der Waals surface area contributed by atoms with Gasteiger partial charge in [0.05, 0.1) is 0 Å². The van der Waals surface area contributed by atoms with Crippen molar-refractivity contribution in [2.24, 2.45) is 0 Å². The predicted molar refractivity (Wildman–Crippen MR) is 81.4 cm³/mol. The SMILES string of the molecule is Cc1ccc(C(Nc2ccc(Cl)cc2)C(=O)O)c(C)c1. The number of carboxylic acid groups (broad SMARTS) is 1. The molecule has 2 aromatic rings. The Morgan fingerprint density at radius 1 is 1.15 bits per heavy atom. The van der Waals surface area contributed by atoms with Crippen LogP contribution in [0.3, 0.4) is 0 Å². The summed E-state index contributed by atoms with van der Waals surface area (Å²) in [6.45, 7) is 3.90. The molecule has 0 aromatic heterocycles. The topological polar surface area (TPSA) is 49.3 Å². The Hall–Kier alpha value is -2.00. The maximum Gasteiger partial charge on any atom is 0.330 e. The van der Waals surface area contributed by atoms with Crippen molar-refractivity contribution in [3.8, 4) is 0 Å². The number of hydrogen-bond donors (Lipinski definition) is 2. The van der Waals surface area contributed by atoms with Crippen molar-refractivity contribution < 1.29 is 9.90 Å². The second-order valence-electron chi connectivity index (χ2n) is 4.78. The summed E-state index contributed by atoms with van der Waals surface area (Å²) in [5.74, 6) is -0.910. The van der Waals surface area contributed by atoms with E-state index in [0.717, 1.165) is 22.4 Å². The second-order valence-corrected chi connectivity index (χ2v) is 5.22. The molecule has 0 heterocycles. The maximum absolute atomic E-state index is 11.5. The Balaban J connectivity index is 2.31. The Kier molecular flexibility index (Phi) is 4.30. The minimum atomic E-state index is -0.910. The number of hydrogen-bond acceptors (Lipinski definition) is 2. The summed E-state index contributed by atoms with van der Waals surface area (Å²) >= 11 is 5.83. The molecule has 4 heteroatoms. The van der Waals surface area contributed by atoms with Gasteiger partial charge in [-0.05, 0) is 49.2 Å². The lowest BCUT2D eigenvalue weighted by atomic mass is 9.99. The number of anilines is 1. The highest BCUT2D eigenvalue weighted by Gasteiger charge is 2.21. The van der Waals surface area contributed by atoms with Gasteiger partial charge in [-0.25, -0.2) is 4.79 Å². The van der Waals surface area contributed by atoms with Gasteiger partial charge in [0.1, 0.15) is 0 Å². The first-order valence-corrected chi connectivity index (χ1v) is 6.67. The number of nitrogens with one attached hydrogen (secondary N) is 1. The van der Waals surface area contributed by atoms with Gasteiger partial charge in [0, 0.05) is 10.7 Å². The molecule has 0 spiro atoms. The average Bonchev–Trinajstić information content (AvgIpc) is 2.39. The van der Waals surface area contributed by atoms with Gasteiger partial charge in [-0.1, -0.05) is 35.4 Å². The van der Waals surface area contributed by atoms with Crippen LogP contribution in [0.1, 0.15) is 22.7 Å². The highest BCUT2D eigenvalue weighted by molar-refractivity contribution is 6.30. The molecule has 0 amide bonds. The van der Waals surface area contributed by atoms with E-state index < -0.39 is 12.0 Å². The summed E-state index contributed by atoms with van der Waals surface area (Å²) in [5.41, 5.74) is 3.56. The van der Waals surface area contributed by atoms with E-state index in [9.17, 15) is 9.90 Å². The van der Waals surface area contributed by atoms with E-state index in [-0.39, 0.29) is 0 Å². The predicted octanol–water partition coefficient (Wildman–Crippen LogP) is 4.19.